The number of aromatic nitrogens is 3. The first kappa shape index (κ1) is 17.6. The molecule has 0 aliphatic carbocycles. The molecular weight excluding hydrogens is 379 g/mol. The van der Waals surface area contributed by atoms with Gasteiger partial charge in [-0.15, -0.1) is 11.8 Å². The molecule has 2 aromatic carbocycles. The molecule has 2 heterocycles. The monoisotopic (exact) mass is 391 g/mol. The van der Waals surface area contributed by atoms with E-state index in [1.165, 1.54) is 10.6 Å². The lowest BCUT2D eigenvalue weighted by molar-refractivity contribution is -0.145. The molecule has 2 aromatic heterocycles. The summed E-state index contributed by atoms with van der Waals surface area (Å²) in [6.07, 6.45) is -4.63. The van der Waals surface area contributed by atoms with E-state index in [2.05, 4.69) is 9.97 Å². The van der Waals surface area contributed by atoms with Crippen LogP contribution >= 0.6 is 11.8 Å². The average Bonchev–Trinajstić information content (AvgIpc) is 2.96. The normalized spacial score (nSPS) is 12.1. The van der Waals surface area contributed by atoms with Gasteiger partial charge in [0.1, 0.15) is 5.03 Å². The molecule has 4 aromatic rings. The lowest BCUT2D eigenvalue weighted by Crippen LogP contribution is -2.16. The summed E-state index contributed by atoms with van der Waals surface area (Å²) >= 11 is 1.14. The van der Waals surface area contributed by atoms with E-state index in [0.717, 1.165) is 11.8 Å². The summed E-state index contributed by atoms with van der Waals surface area (Å²) in [7, 11) is 0. The van der Waals surface area contributed by atoms with Crippen molar-refractivity contribution in [3.05, 3.63) is 64.9 Å². The van der Waals surface area contributed by atoms with E-state index < -0.39 is 17.8 Å². The molecule has 0 spiro atoms. The number of aryl methyl sites for hydroxylation is 1. The molecule has 0 radical (unpaired) electrons. The lowest BCUT2D eigenvalue weighted by Gasteiger charge is -2.10. The van der Waals surface area contributed by atoms with Gasteiger partial charge in [0.2, 0.25) is 5.82 Å². The number of fused-ring (bicyclic) bond motifs is 2. The van der Waals surface area contributed by atoms with Gasteiger partial charge in [-0.3, -0.25) is 4.57 Å². The van der Waals surface area contributed by atoms with Gasteiger partial charge in [-0.2, -0.15) is 13.2 Å². The van der Waals surface area contributed by atoms with Crippen LogP contribution in [-0.4, -0.2) is 20.3 Å². The summed E-state index contributed by atoms with van der Waals surface area (Å²) in [5.74, 6) is -1.32. The van der Waals surface area contributed by atoms with Crippen LogP contribution in [0, 0.1) is 0 Å². The molecular formula is C18H12F3N3O2S. The van der Waals surface area contributed by atoms with Crippen molar-refractivity contribution in [2.75, 3.05) is 5.75 Å². The highest BCUT2D eigenvalue weighted by atomic mass is 32.2. The molecule has 0 unspecified atom stereocenters. The first-order valence-corrected chi connectivity index (χ1v) is 8.97. The number of hydrogen-bond donors (Lipinski definition) is 0. The number of para-hydroxylation sites is 3. The van der Waals surface area contributed by atoms with Crippen LogP contribution in [-0.2, 0) is 12.7 Å². The highest BCUT2D eigenvalue weighted by Crippen LogP contribution is 2.32. The SMILES string of the molecule is O=c1oc2ccccc2n1CCSc1nc(C(F)(F)F)nc2ccccc12. The molecule has 0 aliphatic rings. The van der Waals surface area contributed by atoms with Gasteiger partial charge < -0.3 is 4.42 Å². The number of alkyl halides is 3. The topological polar surface area (TPSA) is 60.9 Å². The lowest BCUT2D eigenvalue weighted by atomic mass is 10.2. The Balaban J connectivity index is 1.63. The molecule has 9 heteroatoms. The summed E-state index contributed by atoms with van der Waals surface area (Å²) in [6, 6.07) is 13.5. The van der Waals surface area contributed by atoms with E-state index in [1.54, 1.807) is 42.5 Å². The quantitative estimate of drug-likeness (QED) is 0.382. The maximum absolute atomic E-state index is 13.1. The fourth-order valence-electron chi connectivity index (χ4n) is 2.74. The van der Waals surface area contributed by atoms with Gasteiger partial charge in [0.25, 0.3) is 0 Å². The molecule has 0 saturated heterocycles. The summed E-state index contributed by atoms with van der Waals surface area (Å²) in [5.41, 5.74) is 1.35. The molecule has 0 saturated carbocycles. The van der Waals surface area contributed by atoms with E-state index in [0.29, 0.717) is 22.2 Å². The van der Waals surface area contributed by atoms with Crippen LogP contribution in [0.3, 0.4) is 0 Å². The van der Waals surface area contributed by atoms with Gasteiger partial charge >= 0.3 is 11.9 Å². The minimum atomic E-state index is -4.63. The molecule has 0 amide bonds. The second kappa shape index (κ2) is 6.73. The minimum Gasteiger partial charge on any atom is -0.408 e. The van der Waals surface area contributed by atoms with Crippen molar-refractivity contribution in [2.24, 2.45) is 0 Å². The Hall–Kier alpha value is -2.81. The van der Waals surface area contributed by atoms with Gasteiger partial charge in [-0.1, -0.05) is 30.3 Å². The third-order valence-corrected chi connectivity index (χ3v) is 4.92. The Morgan fingerprint density at radius 1 is 1.04 bits per heavy atom. The third kappa shape index (κ3) is 3.42. The van der Waals surface area contributed by atoms with Crippen molar-refractivity contribution in [1.82, 2.24) is 14.5 Å². The highest BCUT2D eigenvalue weighted by Gasteiger charge is 2.35. The number of thioether (sulfide) groups is 1. The Morgan fingerprint density at radius 2 is 1.78 bits per heavy atom. The number of oxazole rings is 1. The van der Waals surface area contributed by atoms with Crippen molar-refractivity contribution in [1.29, 1.82) is 0 Å². The molecule has 0 aliphatic heterocycles. The Labute approximate surface area is 154 Å². The van der Waals surface area contributed by atoms with Crippen LogP contribution in [0.5, 0.6) is 0 Å². The van der Waals surface area contributed by atoms with Crippen LogP contribution in [0.25, 0.3) is 22.0 Å². The number of benzene rings is 2. The Bertz CT molecular complexity index is 1180. The molecule has 0 atom stereocenters. The molecule has 0 bridgehead atoms. The fourth-order valence-corrected chi connectivity index (χ4v) is 3.69. The smallest absolute Gasteiger partial charge is 0.408 e. The molecule has 4 rings (SSSR count). The van der Waals surface area contributed by atoms with Gasteiger partial charge in [0.15, 0.2) is 5.58 Å². The predicted octanol–water partition coefficient (Wildman–Crippen LogP) is 4.35. The summed E-state index contributed by atoms with van der Waals surface area (Å²) in [5, 5.41) is 0.772. The first-order chi connectivity index (χ1) is 12.9. The Kier molecular flexibility index (Phi) is 4.39. The van der Waals surface area contributed by atoms with Crippen molar-refractivity contribution in [3.63, 3.8) is 0 Å². The van der Waals surface area contributed by atoms with E-state index in [9.17, 15) is 18.0 Å². The van der Waals surface area contributed by atoms with E-state index in [-0.39, 0.29) is 17.1 Å². The van der Waals surface area contributed by atoms with Crippen LogP contribution in [0.1, 0.15) is 5.82 Å². The van der Waals surface area contributed by atoms with Crippen LogP contribution in [0.4, 0.5) is 13.2 Å². The molecule has 5 nitrogen and oxygen atoms in total. The molecule has 138 valence electrons. The maximum Gasteiger partial charge on any atom is 0.451 e. The van der Waals surface area contributed by atoms with Gasteiger partial charge in [-0.05, 0) is 18.2 Å². The number of halogens is 3. The number of rotatable bonds is 4. The average molecular weight is 391 g/mol. The van der Waals surface area contributed by atoms with E-state index in [4.69, 9.17) is 4.42 Å². The van der Waals surface area contributed by atoms with E-state index in [1.807, 2.05) is 0 Å². The number of nitrogens with zero attached hydrogens (tertiary/aromatic N) is 3. The van der Waals surface area contributed by atoms with Crippen LogP contribution < -0.4 is 5.76 Å². The van der Waals surface area contributed by atoms with Crippen LogP contribution in [0.2, 0.25) is 0 Å². The second-order valence-electron chi connectivity index (χ2n) is 5.70. The third-order valence-electron chi connectivity index (χ3n) is 3.95. The summed E-state index contributed by atoms with van der Waals surface area (Å²) < 4.78 is 45.8. The highest BCUT2D eigenvalue weighted by molar-refractivity contribution is 7.99. The zero-order chi connectivity index (χ0) is 19.0. The Morgan fingerprint density at radius 3 is 2.59 bits per heavy atom. The molecule has 27 heavy (non-hydrogen) atoms. The van der Waals surface area contributed by atoms with Gasteiger partial charge in [0.05, 0.1) is 11.0 Å². The predicted molar refractivity (Wildman–Crippen MR) is 95.7 cm³/mol. The maximum atomic E-state index is 13.1. The van der Waals surface area contributed by atoms with Gasteiger partial charge in [-0.25, -0.2) is 14.8 Å². The minimum absolute atomic E-state index is 0.230. The first-order valence-electron chi connectivity index (χ1n) is 7.98. The van der Waals surface area contributed by atoms with E-state index >= 15 is 0 Å². The fraction of sp³-hybridized carbons (Fsp3) is 0.167. The van der Waals surface area contributed by atoms with Crippen molar-refractivity contribution in [2.45, 2.75) is 17.7 Å². The molecule has 0 fully saturated rings. The standard InChI is InChI=1S/C18H12F3N3O2S/c19-18(20,21)16-22-12-6-2-1-5-11(12)15(23-16)27-10-9-24-13-7-3-4-8-14(13)26-17(24)25/h1-8H,9-10H2. The zero-order valence-corrected chi connectivity index (χ0v) is 14.5. The summed E-state index contributed by atoms with van der Waals surface area (Å²) in [6.45, 7) is 0.278. The van der Waals surface area contributed by atoms with Crippen LogP contribution in [0.15, 0.2) is 62.8 Å². The zero-order valence-electron chi connectivity index (χ0n) is 13.7. The van der Waals surface area contributed by atoms with Gasteiger partial charge in [0, 0.05) is 17.7 Å². The van der Waals surface area contributed by atoms with Crippen molar-refractivity contribution < 1.29 is 17.6 Å². The van der Waals surface area contributed by atoms with Crippen molar-refractivity contribution in [3.8, 4) is 0 Å². The largest absolute Gasteiger partial charge is 0.451 e. The summed E-state index contributed by atoms with van der Waals surface area (Å²) in [4.78, 5) is 19.3. The van der Waals surface area contributed by atoms with Crippen molar-refractivity contribution >= 4 is 33.8 Å². The number of hydrogen-bond acceptors (Lipinski definition) is 5. The molecule has 0 N–H and O–H groups in total. The second-order valence-corrected chi connectivity index (χ2v) is 6.79.